The Morgan fingerprint density at radius 2 is 1.94 bits per heavy atom. The van der Waals surface area contributed by atoms with Crippen LogP contribution in [0.1, 0.15) is 31.4 Å². The van der Waals surface area contributed by atoms with Gasteiger partial charge in [-0.3, -0.25) is 0 Å². The molecule has 3 heteroatoms. The Morgan fingerprint density at radius 3 is 2.59 bits per heavy atom. The highest BCUT2D eigenvalue weighted by molar-refractivity contribution is 7.99. The topological polar surface area (TPSA) is 32.3 Å². The van der Waals surface area contributed by atoms with Crippen LogP contribution in [-0.4, -0.2) is 28.8 Å². The van der Waals surface area contributed by atoms with Crippen molar-refractivity contribution in [3.05, 3.63) is 35.9 Å². The van der Waals surface area contributed by atoms with Gasteiger partial charge in [0.15, 0.2) is 0 Å². The van der Waals surface area contributed by atoms with Crippen LogP contribution in [0.3, 0.4) is 0 Å². The molecule has 2 N–H and O–H groups in total. The zero-order valence-electron chi connectivity index (χ0n) is 10.4. The molecule has 1 aliphatic rings. The van der Waals surface area contributed by atoms with Crippen molar-refractivity contribution in [2.75, 3.05) is 18.1 Å². The van der Waals surface area contributed by atoms with Crippen molar-refractivity contribution in [1.82, 2.24) is 5.32 Å². The molecule has 1 heterocycles. The zero-order chi connectivity index (χ0) is 12.1. The Morgan fingerprint density at radius 1 is 1.29 bits per heavy atom. The van der Waals surface area contributed by atoms with E-state index in [2.05, 4.69) is 36.5 Å². The number of benzene rings is 1. The second kappa shape index (κ2) is 5.89. The van der Waals surface area contributed by atoms with Gasteiger partial charge in [-0.1, -0.05) is 30.3 Å². The Bertz CT molecular complexity index is 335. The molecule has 0 saturated carbocycles. The lowest BCUT2D eigenvalue weighted by Gasteiger charge is -2.33. The number of nitrogens with one attached hydrogen (secondary N) is 1. The summed E-state index contributed by atoms with van der Waals surface area (Å²) in [4.78, 5) is 0. The monoisotopic (exact) mass is 251 g/mol. The van der Waals surface area contributed by atoms with Crippen LogP contribution in [0.2, 0.25) is 0 Å². The molecule has 1 unspecified atom stereocenters. The van der Waals surface area contributed by atoms with E-state index in [-0.39, 0.29) is 0 Å². The van der Waals surface area contributed by atoms with Crippen molar-refractivity contribution in [2.24, 2.45) is 0 Å². The third kappa shape index (κ3) is 3.73. The first-order valence-electron chi connectivity index (χ1n) is 6.28. The van der Waals surface area contributed by atoms with Crippen molar-refractivity contribution in [3.8, 4) is 0 Å². The molecule has 1 aromatic rings. The fourth-order valence-corrected chi connectivity index (χ4v) is 3.38. The maximum absolute atomic E-state index is 10.4. The average molecular weight is 251 g/mol. The van der Waals surface area contributed by atoms with Crippen LogP contribution in [0.25, 0.3) is 0 Å². The van der Waals surface area contributed by atoms with Crippen molar-refractivity contribution in [2.45, 2.75) is 31.4 Å². The summed E-state index contributed by atoms with van der Waals surface area (Å²) in [6, 6.07) is 10.7. The molecule has 1 fully saturated rings. The molecule has 94 valence electrons. The van der Waals surface area contributed by atoms with Gasteiger partial charge in [-0.2, -0.15) is 11.8 Å². The van der Waals surface area contributed by atoms with E-state index in [0.717, 1.165) is 24.3 Å². The number of hydrogen-bond donors (Lipinski definition) is 2. The average Bonchev–Trinajstić information content (AvgIpc) is 2.38. The molecule has 1 saturated heterocycles. The standard InChI is InChI=1S/C14H21NOS/c1-12(13-5-3-2-4-6-13)15-11-14(16)7-9-17-10-8-14/h2-6,12,15-16H,7-11H2,1H3. The Balaban J connectivity index is 1.85. The van der Waals surface area contributed by atoms with E-state index in [9.17, 15) is 5.11 Å². The van der Waals surface area contributed by atoms with Gasteiger partial charge in [0, 0.05) is 12.6 Å². The molecule has 1 aliphatic heterocycles. The highest BCUT2D eigenvalue weighted by atomic mass is 32.2. The summed E-state index contributed by atoms with van der Waals surface area (Å²) < 4.78 is 0. The summed E-state index contributed by atoms with van der Waals surface area (Å²) in [5, 5.41) is 13.8. The van der Waals surface area contributed by atoms with Crippen LogP contribution in [0.4, 0.5) is 0 Å². The van der Waals surface area contributed by atoms with Crippen molar-refractivity contribution < 1.29 is 5.11 Å². The molecule has 0 aliphatic carbocycles. The smallest absolute Gasteiger partial charge is 0.0787 e. The van der Waals surface area contributed by atoms with E-state index < -0.39 is 5.60 Å². The third-order valence-electron chi connectivity index (χ3n) is 3.46. The number of thioether (sulfide) groups is 1. The molecule has 1 aromatic carbocycles. The Kier molecular flexibility index (Phi) is 4.48. The van der Waals surface area contributed by atoms with E-state index in [1.807, 2.05) is 17.8 Å². The van der Waals surface area contributed by atoms with Crippen molar-refractivity contribution in [3.63, 3.8) is 0 Å². The van der Waals surface area contributed by atoms with E-state index in [4.69, 9.17) is 0 Å². The Labute approximate surface area is 108 Å². The largest absolute Gasteiger partial charge is 0.389 e. The van der Waals surface area contributed by atoms with E-state index in [0.29, 0.717) is 12.6 Å². The van der Waals surface area contributed by atoms with Gasteiger partial charge in [-0.15, -0.1) is 0 Å². The third-order valence-corrected chi connectivity index (χ3v) is 4.45. The predicted molar refractivity (Wildman–Crippen MR) is 74.4 cm³/mol. The lowest BCUT2D eigenvalue weighted by atomic mass is 9.96. The van der Waals surface area contributed by atoms with Crippen LogP contribution < -0.4 is 5.32 Å². The molecule has 0 aromatic heterocycles. The van der Waals surface area contributed by atoms with Gasteiger partial charge >= 0.3 is 0 Å². The van der Waals surface area contributed by atoms with Crippen LogP contribution in [0.15, 0.2) is 30.3 Å². The summed E-state index contributed by atoms with van der Waals surface area (Å²) in [7, 11) is 0. The second-order valence-electron chi connectivity index (χ2n) is 4.85. The van der Waals surface area contributed by atoms with Crippen molar-refractivity contribution in [1.29, 1.82) is 0 Å². The van der Waals surface area contributed by atoms with Crippen LogP contribution >= 0.6 is 11.8 Å². The highest BCUT2D eigenvalue weighted by Crippen LogP contribution is 2.26. The fraction of sp³-hybridized carbons (Fsp3) is 0.571. The molecule has 0 amide bonds. The minimum absolute atomic E-state index is 0.301. The minimum atomic E-state index is -0.492. The summed E-state index contributed by atoms with van der Waals surface area (Å²) in [6.45, 7) is 2.85. The SMILES string of the molecule is CC(NCC1(O)CCSCC1)c1ccccc1. The van der Waals surface area contributed by atoms with Crippen molar-refractivity contribution >= 4 is 11.8 Å². The van der Waals surface area contributed by atoms with Crippen LogP contribution in [0, 0.1) is 0 Å². The fourth-order valence-electron chi connectivity index (χ4n) is 2.13. The van der Waals surface area contributed by atoms with Gasteiger partial charge < -0.3 is 10.4 Å². The van der Waals surface area contributed by atoms with E-state index in [1.54, 1.807) is 0 Å². The van der Waals surface area contributed by atoms with Gasteiger partial charge in [0.05, 0.1) is 5.60 Å². The maximum Gasteiger partial charge on any atom is 0.0787 e. The summed E-state index contributed by atoms with van der Waals surface area (Å²) >= 11 is 1.94. The second-order valence-corrected chi connectivity index (χ2v) is 6.07. The van der Waals surface area contributed by atoms with E-state index in [1.165, 1.54) is 5.56 Å². The lowest BCUT2D eigenvalue weighted by molar-refractivity contribution is 0.0300. The summed E-state index contributed by atoms with van der Waals surface area (Å²) in [5.41, 5.74) is 0.787. The molecule has 0 bridgehead atoms. The lowest BCUT2D eigenvalue weighted by Crippen LogP contribution is -2.44. The first-order valence-corrected chi connectivity index (χ1v) is 7.44. The first-order chi connectivity index (χ1) is 8.20. The van der Waals surface area contributed by atoms with Crippen LogP contribution in [0.5, 0.6) is 0 Å². The summed E-state index contributed by atoms with van der Waals surface area (Å²) in [5.74, 6) is 2.16. The molecular formula is C14H21NOS. The van der Waals surface area contributed by atoms with E-state index >= 15 is 0 Å². The van der Waals surface area contributed by atoms with Crippen LogP contribution in [-0.2, 0) is 0 Å². The number of hydrogen-bond acceptors (Lipinski definition) is 3. The highest BCUT2D eigenvalue weighted by Gasteiger charge is 2.29. The molecule has 2 rings (SSSR count). The zero-order valence-corrected chi connectivity index (χ0v) is 11.2. The molecule has 1 atom stereocenters. The molecule has 0 radical (unpaired) electrons. The molecule has 0 spiro atoms. The molecular weight excluding hydrogens is 230 g/mol. The van der Waals surface area contributed by atoms with Gasteiger partial charge in [0.1, 0.15) is 0 Å². The number of rotatable bonds is 4. The predicted octanol–water partition coefficient (Wildman–Crippen LogP) is 2.60. The van der Waals surface area contributed by atoms with Gasteiger partial charge in [0.25, 0.3) is 0 Å². The molecule has 2 nitrogen and oxygen atoms in total. The summed E-state index contributed by atoms with van der Waals surface area (Å²) in [6.07, 6.45) is 1.82. The minimum Gasteiger partial charge on any atom is -0.389 e. The van der Waals surface area contributed by atoms with Gasteiger partial charge in [-0.25, -0.2) is 0 Å². The quantitative estimate of drug-likeness (QED) is 0.863. The molecule has 17 heavy (non-hydrogen) atoms. The van der Waals surface area contributed by atoms with Gasteiger partial charge in [-0.05, 0) is 36.8 Å². The first kappa shape index (κ1) is 12.9. The van der Waals surface area contributed by atoms with Gasteiger partial charge in [0.2, 0.25) is 0 Å². The number of aliphatic hydroxyl groups is 1. The maximum atomic E-state index is 10.4. The Hall–Kier alpha value is -0.510. The normalized spacial score (nSPS) is 21.1.